The molecule has 0 atom stereocenters. The van der Waals surface area contributed by atoms with Gasteiger partial charge in [0.25, 0.3) is 0 Å². The molecule has 1 aromatic carbocycles. The van der Waals surface area contributed by atoms with Crippen molar-refractivity contribution in [2.45, 2.75) is 13.5 Å². The van der Waals surface area contributed by atoms with Crippen LogP contribution in [0.25, 0.3) is 0 Å². The largest absolute Gasteiger partial charge is 0.497 e. The second-order valence-electron chi connectivity index (χ2n) is 3.92. The Labute approximate surface area is 111 Å². The zero-order chi connectivity index (χ0) is 13.7. The lowest BCUT2D eigenvalue weighted by molar-refractivity contribution is 0.293. The van der Waals surface area contributed by atoms with Crippen LogP contribution >= 0.6 is 0 Å². The van der Waals surface area contributed by atoms with Gasteiger partial charge in [0.05, 0.1) is 7.11 Å². The number of hydrazine groups is 1. The smallest absolute Gasteiger partial charge is 0.168 e. The minimum atomic E-state index is 0.267. The van der Waals surface area contributed by atoms with Crippen LogP contribution in [0.3, 0.4) is 0 Å². The summed E-state index contributed by atoms with van der Waals surface area (Å²) in [5.74, 6) is 7.91. The van der Waals surface area contributed by atoms with Crippen molar-refractivity contribution in [3.63, 3.8) is 0 Å². The number of aryl methyl sites for hydroxylation is 1. The Kier molecular flexibility index (Phi) is 4.15. The lowest BCUT2D eigenvalue weighted by atomic mass is 10.3. The standard InChI is InChI=1S/C13H16N4O2/c1-9-6-12(17-14)16-13(15-9)8-19-11-5-3-4-10(7-11)18-2/h3-7H,8,14H2,1-2H3,(H,15,16,17). The third-order valence-electron chi connectivity index (χ3n) is 2.46. The average Bonchev–Trinajstić information content (AvgIpc) is 2.44. The van der Waals surface area contributed by atoms with Crippen LogP contribution in [0, 0.1) is 6.92 Å². The number of hydrogen-bond acceptors (Lipinski definition) is 6. The van der Waals surface area contributed by atoms with Gasteiger partial charge in [0.2, 0.25) is 0 Å². The summed E-state index contributed by atoms with van der Waals surface area (Å²) in [4.78, 5) is 8.48. The topological polar surface area (TPSA) is 82.3 Å². The molecule has 0 saturated carbocycles. The maximum atomic E-state index is 5.62. The normalized spacial score (nSPS) is 10.1. The van der Waals surface area contributed by atoms with E-state index in [-0.39, 0.29) is 6.61 Å². The molecule has 0 radical (unpaired) electrons. The molecule has 0 unspecified atom stereocenters. The van der Waals surface area contributed by atoms with Gasteiger partial charge >= 0.3 is 0 Å². The molecule has 0 amide bonds. The van der Waals surface area contributed by atoms with Crippen LogP contribution in [-0.2, 0) is 6.61 Å². The molecule has 1 heterocycles. The van der Waals surface area contributed by atoms with Gasteiger partial charge in [-0.1, -0.05) is 6.07 Å². The molecule has 0 aliphatic heterocycles. The second-order valence-corrected chi connectivity index (χ2v) is 3.92. The minimum absolute atomic E-state index is 0.267. The Balaban J connectivity index is 2.07. The zero-order valence-electron chi connectivity index (χ0n) is 10.9. The molecular weight excluding hydrogens is 244 g/mol. The predicted molar refractivity (Wildman–Crippen MR) is 71.9 cm³/mol. The van der Waals surface area contributed by atoms with E-state index in [2.05, 4.69) is 15.4 Å². The molecule has 100 valence electrons. The summed E-state index contributed by atoms with van der Waals surface area (Å²) in [7, 11) is 1.61. The van der Waals surface area contributed by atoms with Crippen LogP contribution in [0.1, 0.15) is 11.5 Å². The van der Waals surface area contributed by atoms with Crippen molar-refractivity contribution in [2.24, 2.45) is 5.84 Å². The summed E-state index contributed by atoms with van der Waals surface area (Å²) in [5, 5.41) is 0. The van der Waals surface area contributed by atoms with E-state index in [0.29, 0.717) is 17.4 Å². The first-order valence-corrected chi connectivity index (χ1v) is 5.79. The van der Waals surface area contributed by atoms with Crippen LogP contribution in [0.2, 0.25) is 0 Å². The van der Waals surface area contributed by atoms with Gasteiger partial charge in [-0.3, -0.25) is 0 Å². The molecule has 0 saturated heterocycles. The van der Waals surface area contributed by atoms with Gasteiger partial charge < -0.3 is 14.9 Å². The van der Waals surface area contributed by atoms with Crippen molar-refractivity contribution in [2.75, 3.05) is 12.5 Å². The van der Waals surface area contributed by atoms with Crippen LogP contribution in [-0.4, -0.2) is 17.1 Å². The number of methoxy groups -OCH3 is 1. The molecule has 0 bridgehead atoms. The van der Waals surface area contributed by atoms with Crippen LogP contribution in [0.4, 0.5) is 5.82 Å². The van der Waals surface area contributed by atoms with Gasteiger partial charge in [-0.05, 0) is 19.1 Å². The van der Waals surface area contributed by atoms with Crippen molar-refractivity contribution in [3.8, 4) is 11.5 Å². The molecule has 3 N–H and O–H groups in total. The Morgan fingerprint density at radius 3 is 2.74 bits per heavy atom. The van der Waals surface area contributed by atoms with E-state index in [1.807, 2.05) is 25.1 Å². The maximum Gasteiger partial charge on any atom is 0.168 e. The maximum absolute atomic E-state index is 5.62. The number of benzene rings is 1. The number of nitrogen functional groups attached to an aromatic ring is 1. The van der Waals surface area contributed by atoms with Gasteiger partial charge in [-0.15, -0.1) is 0 Å². The summed E-state index contributed by atoms with van der Waals surface area (Å²) in [5.41, 5.74) is 3.32. The highest BCUT2D eigenvalue weighted by Gasteiger charge is 2.03. The number of ether oxygens (including phenoxy) is 2. The number of nitrogens with two attached hydrogens (primary N) is 1. The average molecular weight is 260 g/mol. The number of anilines is 1. The number of nitrogens with one attached hydrogen (secondary N) is 1. The second kappa shape index (κ2) is 6.01. The molecule has 6 heteroatoms. The van der Waals surface area contributed by atoms with Crippen molar-refractivity contribution in [3.05, 3.63) is 41.9 Å². The van der Waals surface area contributed by atoms with Gasteiger partial charge in [0, 0.05) is 17.8 Å². The van der Waals surface area contributed by atoms with E-state index in [1.54, 1.807) is 19.2 Å². The highest BCUT2D eigenvalue weighted by atomic mass is 16.5. The number of hydrogen-bond donors (Lipinski definition) is 2. The first kappa shape index (κ1) is 13.1. The molecule has 19 heavy (non-hydrogen) atoms. The molecule has 2 rings (SSSR count). The third-order valence-corrected chi connectivity index (χ3v) is 2.46. The van der Waals surface area contributed by atoms with Crippen molar-refractivity contribution in [1.82, 2.24) is 9.97 Å². The van der Waals surface area contributed by atoms with E-state index in [1.165, 1.54) is 0 Å². The van der Waals surface area contributed by atoms with Gasteiger partial charge in [-0.2, -0.15) is 0 Å². The number of aromatic nitrogens is 2. The van der Waals surface area contributed by atoms with Crippen molar-refractivity contribution in [1.29, 1.82) is 0 Å². The van der Waals surface area contributed by atoms with Gasteiger partial charge in [0.1, 0.15) is 23.9 Å². The van der Waals surface area contributed by atoms with Crippen LogP contribution in [0.5, 0.6) is 11.5 Å². The number of rotatable bonds is 5. The summed E-state index contributed by atoms with van der Waals surface area (Å²) in [6.45, 7) is 2.14. The number of nitrogens with zero attached hydrogens (tertiary/aromatic N) is 2. The van der Waals surface area contributed by atoms with Crippen LogP contribution < -0.4 is 20.7 Å². The Bertz CT molecular complexity index is 560. The molecule has 0 fully saturated rings. The van der Waals surface area contributed by atoms with E-state index < -0.39 is 0 Å². The van der Waals surface area contributed by atoms with E-state index in [4.69, 9.17) is 15.3 Å². The Morgan fingerprint density at radius 1 is 1.21 bits per heavy atom. The summed E-state index contributed by atoms with van der Waals surface area (Å²) >= 11 is 0. The quantitative estimate of drug-likeness (QED) is 0.628. The highest BCUT2D eigenvalue weighted by Crippen LogP contribution is 2.19. The molecular formula is C13H16N4O2. The molecule has 0 aliphatic carbocycles. The van der Waals surface area contributed by atoms with E-state index in [0.717, 1.165) is 11.4 Å². The monoisotopic (exact) mass is 260 g/mol. The summed E-state index contributed by atoms with van der Waals surface area (Å²) < 4.78 is 10.7. The summed E-state index contributed by atoms with van der Waals surface area (Å²) in [6.07, 6.45) is 0. The first-order valence-electron chi connectivity index (χ1n) is 5.79. The Morgan fingerprint density at radius 2 is 2.00 bits per heavy atom. The first-order chi connectivity index (χ1) is 9.21. The third kappa shape index (κ3) is 3.56. The minimum Gasteiger partial charge on any atom is -0.497 e. The Hall–Kier alpha value is -2.34. The molecule has 0 aliphatic rings. The fraction of sp³-hybridized carbons (Fsp3) is 0.231. The van der Waals surface area contributed by atoms with Gasteiger partial charge in [-0.25, -0.2) is 15.8 Å². The van der Waals surface area contributed by atoms with Gasteiger partial charge in [0.15, 0.2) is 5.82 Å². The molecule has 2 aromatic rings. The molecule has 1 aromatic heterocycles. The lowest BCUT2D eigenvalue weighted by Crippen LogP contribution is -2.12. The SMILES string of the molecule is COc1cccc(OCc2nc(C)cc(NN)n2)c1. The fourth-order valence-corrected chi connectivity index (χ4v) is 1.61. The van der Waals surface area contributed by atoms with E-state index in [9.17, 15) is 0 Å². The predicted octanol–water partition coefficient (Wildman–Crippen LogP) is 1.66. The van der Waals surface area contributed by atoms with Crippen molar-refractivity contribution >= 4 is 5.82 Å². The summed E-state index contributed by atoms with van der Waals surface area (Å²) in [6, 6.07) is 9.12. The van der Waals surface area contributed by atoms with E-state index >= 15 is 0 Å². The fourth-order valence-electron chi connectivity index (χ4n) is 1.61. The van der Waals surface area contributed by atoms with Crippen LogP contribution in [0.15, 0.2) is 30.3 Å². The van der Waals surface area contributed by atoms with Crippen molar-refractivity contribution < 1.29 is 9.47 Å². The molecule has 0 spiro atoms. The highest BCUT2D eigenvalue weighted by molar-refractivity contribution is 5.34. The zero-order valence-corrected chi connectivity index (χ0v) is 10.9. The lowest BCUT2D eigenvalue weighted by Gasteiger charge is -2.08. The molecule has 6 nitrogen and oxygen atoms in total.